The molecule has 0 aliphatic rings. The summed E-state index contributed by atoms with van der Waals surface area (Å²) in [6.45, 7) is 2.78. The molecule has 0 radical (unpaired) electrons. The van der Waals surface area contributed by atoms with Gasteiger partial charge in [-0.05, 0) is 48.9 Å². The lowest BCUT2D eigenvalue weighted by Gasteiger charge is -2.05. The first kappa shape index (κ1) is 18.2. The maximum Gasteiger partial charge on any atom is 0.187 e. The molecule has 3 nitrogen and oxygen atoms in total. The van der Waals surface area contributed by atoms with Gasteiger partial charge in [-0.1, -0.05) is 29.3 Å². The largest absolute Gasteiger partial charge is 0.494 e. The Kier molecular flexibility index (Phi) is 7.00. The zero-order valence-corrected chi connectivity index (χ0v) is 15.0. The number of hydrogen-bond acceptors (Lipinski definition) is 3. The molecule has 126 valence electrons. The number of ketones is 1. The fraction of sp³-hybridized carbons (Fsp3) is 0.211. The van der Waals surface area contributed by atoms with E-state index in [2.05, 4.69) is 28.2 Å². The van der Waals surface area contributed by atoms with Crippen molar-refractivity contribution in [3.63, 3.8) is 0 Å². The number of unbranched alkanes of at least 4 members (excludes halogenated alkanes) is 1. The van der Waals surface area contributed by atoms with Gasteiger partial charge in [-0.25, -0.2) is 4.39 Å². The van der Waals surface area contributed by atoms with Gasteiger partial charge < -0.3 is 10.1 Å². The Morgan fingerprint density at radius 3 is 2.67 bits per heavy atom. The van der Waals surface area contributed by atoms with Gasteiger partial charge in [-0.15, -0.1) is 0 Å². The fourth-order valence-corrected chi connectivity index (χ4v) is 2.29. The van der Waals surface area contributed by atoms with Crippen molar-refractivity contribution in [2.75, 3.05) is 11.9 Å². The highest BCUT2D eigenvalue weighted by atomic mass is 79.9. The van der Waals surface area contributed by atoms with Crippen LogP contribution in [-0.2, 0) is 0 Å². The van der Waals surface area contributed by atoms with E-state index in [0.29, 0.717) is 22.3 Å². The van der Waals surface area contributed by atoms with Crippen LogP contribution in [0.15, 0.2) is 59.2 Å². The van der Waals surface area contributed by atoms with Gasteiger partial charge in [-0.2, -0.15) is 0 Å². The second-order valence-corrected chi connectivity index (χ2v) is 6.11. The summed E-state index contributed by atoms with van der Waals surface area (Å²) in [5.74, 6) is 0.189. The van der Waals surface area contributed by atoms with Crippen LogP contribution in [0.1, 0.15) is 30.1 Å². The van der Waals surface area contributed by atoms with Crippen LogP contribution in [0.3, 0.4) is 0 Å². The van der Waals surface area contributed by atoms with Gasteiger partial charge in [0.25, 0.3) is 0 Å². The van der Waals surface area contributed by atoms with Gasteiger partial charge >= 0.3 is 0 Å². The molecule has 0 saturated heterocycles. The van der Waals surface area contributed by atoms with Crippen molar-refractivity contribution < 1.29 is 13.9 Å². The molecule has 0 fully saturated rings. The summed E-state index contributed by atoms with van der Waals surface area (Å²) < 4.78 is 19.9. The Morgan fingerprint density at radius 1 is 1.25 bits per heavy atom. The molecule has 0 heterocycles. The second kappa shape index (κ2) is 9.23. The van der Waals surface area contributed by atoms with Crippen molar-refractivity contribution >= 4 is 27.4 Å². The third-order valence-electron chi connectivity index (χ3n) is 3.31. The van der Waals surface area contributed by atoms with E-state index >= 15 is 0 Å². The molecule has 1 N–H and O–H groups in total. The van der Waals surface area contributed by atoms with Gasteiger partial charge in [0.2, 0.25) is 0 Å². The molecule has 0 spiro atoms. The van der Waals surface area contributed by atoms with Crippen LogP contribution in [0.5, 0.6) is 5.75 Å². The average molecular weight is 392 g/mol. The van der Waals surface area contributed by atoms with Crippen molar-refractivity contribution in [1.82, 2.24) is 0 Å². The number of ether oxygens (including phenoxy) is 1. The van der Waals surface area contributed by atoms with E-state index in [9.17, 15) is 9.18 Å². The van der Waals surface area contributed by atoms with Gasteiger partial charge in [0.1, 0.15) is 11.6 Å². The lowest BCUT2D eigenvalue weighted by atomic mass is 10.1. The molecule has 2 rings (SSSR count). The summed E-state index contributed by atoms with van der Waals surface area (Å²) >= 11 is 3.19. The van der Waals surface area contributed by atoms with Crippen molar-refractivity contribution in [2.45, 2.75) is 19.8 Å². The van der Waals surface area contributed by atoms with Crippen LogP contribution >= 0.6 is 15.9 Å². The Hall–Kier alpha value is -2.14. The minimum Gasteiger partial charge on any atom is -0.494 e. The molecule has 0 aromatic heterocycles. The first-order valence-corrected chi connectivity index (χ1v) is 8.55. The highest BCUT2D eigenvalue weighted by Gasteiger charge is 2.03. The Morgan fingerprint density at radius 2 is 2.00 bits per heavy atom. The fourth-order valence-electron chi connectivity index (χ4n) is 1.96. The molecule has 0 amide bonds. The summed E-state index contributed by atoms with van der Waals surface area (Å²) in [5.41, 5.74) is 0.856. The lowest BCUT2D eigenvalue weighted by Crippen LogP contribution is -1.99. The number of carbonyl (C=O) groups excluding carboxylic acids is 1. The van der Waals surface area contributed by atoms with Crippen molar-refractivity contribution in [1.29, 1.82) is 0 Å². The van der Waals surface area contributed by atoms with E-state index < -0.39 is 5.82 Å². The molecule has 24 heavy (non-hydrogen) atoms. The van der Waals surface area contributed by atoms with Crippen LogP contribution in [0.25, 0.3) is 0 Å². The van der Waals surface area contributed by atoms with Gasteiger partial charge in [0.05, 0.1) is 12.3 Å². The summed E-state index contributed by atoms with van der Waals surface area (Å²) in [7, 11) is 0. The third kappa shape index (κ3) is 5.49. The quantitative estimate of drug-likeness (QED) is 0.362. The highest BCUT2D eigenvalue weighted by molar-refractivity contribution is 9.10. The maximum atomic E-state index is 13.6. The molecule has 0 aliphatic heterocycles. The predicted octanol–water partition coefficient (Wildman–Crippen LogP) is 5.58. The summed E-state index contributed by atoms with van der Waals surface area (Å²) in [6, 6.07) is 11.7. The first-order valence-electron chi connectivity index (χ1n) is 7.75. The van der Waals surface area contributed by atoms with E-state index in [0.717, 1.165) is 18.6 Å². The zero-order chi connectivity index (χ0) is 17.4. The molecule has 5 heteroatoms. The van der Waals surface area contributed by atoms with Gasteiger partial charge in [0.15, 0.2) is 5.78 Å². The number of nitrogens with one attached hydrogen (secondary N) is 1. The molecule has 0 atom stereocenters. The monoisotopic (exact) mass is 391 g/mol. The van der Waals surface area contributed by atoms with Crippen LogP contribution in [0.4, 0.5) is 10.1 Å². The van der Waals surface area contributed by atoms with Crippen LogP contribution in [0.2, 0.25) is 0 Å². The van der Waals surface area contributed by atoms with Gasteiger partial charge in [0, 0.05) is 22.3 Å². The van der Waals surface area contributed by atoms with Crippen LogP contribution < -0.4 is 10.1 Å². The molecule has 0 saturated carbocycles. The second-order valence-electron chi connectivity index (χ2n) is 5.19. The molecule has 0 bridgehead atoms. The lowest BCUT2D eigenvalue weighted by molar-refractivity contribution is 0.104. The number of halogens is 2. The molecular formula is C19H19BrFNO2. The molecular weight excluding hydrogens is 373 g/mol. The van der Waals surface area contributed by atoms with E-state index in [-0.39, 0.29) is 5.78 Å². The molecule has 0 unspecified atom stereocenters. The minimum absolute atomic E-state index is 0.167. The minimum atomic E-state index is -0.393. The van der Waals surface area contributed by atoms with E-state index in [4.69, 9.17) is 4.74 Å². The van der Waals surface area contributed by atoms with Crippen molar-refractivity contribution in [3.8, 4) is 5.75 Å². The molecule has 2 aromatic rings. The predicted molar refractivity (Wildman–Crippen MR) is 98.0 cm³/mol. The standard InChI is InChI=1S/C19H19BrFNO2/c1-2-3-12-24-16-7-4-14(5-8-16)19(23)10-11-22-18-9-6-15(20)13-17(18)21/h4-11,13,22H,2-3,12H2,1H3. The average Bonchev–Trinajstić information content (AvgIpc) is 2.57. The summed E-state index contributed by atoms with van der Waals surface area (Å²) in [6.07, 6.45) is 4.88. The Bertz CT molecular complexity index is 714. The number of hydrogen-bond donors (Lipinski definition) is 1. The third-order valence-corrected chi connectivity index (χ3v) is 3.80. The smallest absolute Gasteiger partial charge is 0.187 e. The highest BCUT2D eigenvalue weighted by Crippen LogP contribution is 2.19. The number of allylic oxidation sites excluding steroid dienone is 1. The number of benzene rings is 2. The maximum absolute atomic E-state index is 13.6. The zero-order valence-electron chi connectivity index (χ0n) is 13.4. The van der Waals surface area contributed by atoms with Crippen LogP contribution in [-0.4, -0.2) is 12.4 Å². The van der Waals surface area contributed by atoms with Gasteiger partial charge in [-0.3, -0.25) is 4.79 Å². The van der Waals surface area contributed by atoms with Crippen molar-refractivity contribution in [3.05, 3.63) is 70.6 Å². The normalized spacial score (nSPS) is 10.8. The number of carbonyl (C=O) groups is 1. The topological polar surface area (TPSA) is 38.3 Å². The van der Waals surface area contributed by atoms with Crippen molar-refractivity contribution in [2.24, 2.45) is 0 Å². The van der Waals surface area contributed by atoms with E-state index in [1.165, 1.54) is 18.3 Å². The summed E-state index contributed by atoms with van der Waals surface area (Å²) in [4.78, 5) is 12.1. The molecule has 0 aliphatic carbocycles. The molecule has 2 aromatic carbocycles. The first-order chi connectivity index (χ1) is 11.6. The Balaban J connectivity index is 1.91. The number of rotatable bonds is 8. The number of anilines is 1. The van der Waals surface area contributed by atoms with E-state index in [1.54, 1.807) is 36.4 Å². The SMILES string of the molecule is CCCCOc1ccc(C(=O)C=CNc2ccc(Br)cc2F)cc1. The Labute approximate surface area is 149 Å². The summed E-state index contributed by atoms with van der Waals surface area (Å²) in [5, 5.41) is 2.76. The van der Waals surface area contributed by atoms with Crippen LogP contribution in [0, 0.1) is 5.82 Å². The van der Waals surface area contributed by atoms with E-state index in [1.807, 2.05) is 0 Å².